The maximum Gasteiger partial charge on any atom is 0.124 e. The smallest absolute Gasteiger partial charge is 0.124 e. The largest absolute Gasteiger partial charge is 0.497 e. The predicted octanol–water partition coefficient (Wildman–Crippen LogP) is 3.09. The average molecular weight is 300 g/mol. The molecule has 0 heterocycles. The van der Waals surface area contributed by atoms with Crippen LogP contribution < -0.4 is 14.8 Å². The zero-order valence-corrected chi connectivity index (χ0v) is 11.8. The highest BCUT2D eigenvalue weighted by atomic mass is 79.9. The van der Waals surface area contributed by atoms with Crippen LogP contribution in [0.5, 0.6) is 11.5 Å². The Morgan fingerprint density at radius 1 is 1.47 bits per heavy atom. The first kappa shape index (κ1) is 14.1. The van der Waals surface area contributed by atoms with E-state index >= 15 is 0 Å². The molecule has 0 saturated carbocycles. The molecule has 3 nitrogen and oxygen atoms in total. The van der Waals surface area contributed by atoms with Gasteiger partial charge >= 0.3 is 0 Å². The lowest BCUT2D eigenvalue weighted by Gasteiger charge is -2.12. The fourth-order valence-electron chi connectivity index (χ4n) is 1.38. The van der Waals surface area contributed by atoms with Gasteiger partial charge in [0.1, 0.15) is 18.1 Å². The molecule has 0 aliphatic heterocycles. The number of hydrogen-bond donors (Lipinski definition) is 1. The van der Waals surface area contributed by atoms with E-state index < -0.39 is 0 Å². The monoisotopic (exact) mass is 299 g/mol. The quantitative estimate of drug-likeness (QED) is 0.839. The fraction of sp³-hybridized carbons (Fsp3) is 0.385. The first-order valence-electron chi connectivity index (χ1n) is 5.51. The lowest BCUT2D eigenvalue weighted by molar-refractivity contribution is 0.353. The van der Waals surface area contributed by atoms with E-state index in [1.807, 2.05) is 18.2 Å². The van der Waals surface area contributed by atoms with Gasteiger partial charge in [0.25, 0.3) is 0 Å². The van der Waals surface area contributed by atoms with E-state index in [1.165, 1.54) is 0 Å². The van der Waals surface area contributed by atoms with E-state index in [0.717, 1.165) is 34.6 Å². The van der Waals surface area contributed by atoms with Gasteiger partial charge in [-0.25, -0.2) is 0 Å². The Morgan fingerprint density at radius 2 is 2.24 bits per heavy atom. The molecule has 0 bridgehead atoms. The van der Waals surface area contributed by atoms with Crippen molar-refractivity contribution in [3.63, 3.8) is 0 Å². The molecule has 4 heteroatoms. The molecular weight excluding hydrogens is 282 g/mol. The van der Waals surface area contributed by atoms with E-state index in [1.54, 1.807) is 7.11 Å². The number of rotatable bonds is 7. The second-order valence-corrected chi connectivity index (χ2v) is 4.68. The minimum Gasteiger partial charge on any atom is -0.497 e. The molecule has 0 spiro atoms. The van der Waals surface area contributed by atoms with Gasteiger partial charge in [0.2, 0.25) is 0 Å². The summed E-state index contributed by atoms with van der Waals surface area (Å²) in [6, 6.07) is 5.79. The van der Waals surface area contributed by atoms with Crippen molar-refractivity contribution in [3.05, 3.63) is 34.8 Å². The summed E-state index contributed by atoms with van der Waals surface area (Å²) < 4.78 is 11.7. The zero-order chi connectivity index (χ0) is 12.7. The molecule has 1 N–H and O–H groups in total. The van der Waals surface area contributed by atoms with Gasteiger partial charge in [0.05, 0.1) is 7.11 Å². The molecule has 0 aliphatic carbocycles. The second kappa shape index (κ2) is 7.35. The summed E-state index contributed by atoms with van der Waals surface area (Å²) in [6.07, 6.45) is 0. The Morgan fingerprint density at radius 3 is 2.82 bits per heavy atom. The van der Waals surface area contributed by atoms with E-state index in [0.29, 0.717) is 6.61 Å². The minimum absolute atomic E-state index is 0.464. The molecule has 0 aromatic heterocycles. The molecule has 0 fully saturated rings. The van der Waals surface area contributed by atoms with Crippen LogP contribution in [0.4, 0.5) is 0 Å². The highest BCUT2D eigenvalue weighted by Crippen LogP contribution is 2.24. The molecule has 17 heavy (non-hydrogen) atoms. The van der Waals surface area contributed by atoms with Gasteiger partial charge in [-0.05, 0) is 24.7 Å². The number of benzene rings is 1. The third-order valence-electron chi connectivity index (χ3n) is 2.22. The zero-order valence-electron chi connectivity index (χ0n) is 10.3. The second-order valence-electron chi connectivity index (χ2n) is 3.56. The van der Waals surface area contributed by atoms with E-state index in [9.17, 15) is 0 Å². The predicted molar refractivity (Wildman–Crippen MR) is 73.9 cm³/mol. The Balaban J connectivity index is 2.81. The third-order valence-corrected chi connectivity index (χ3v) is 2.45. The first-order valence-corrected chi connectivity index (χ1v) is 6.30. The first-order chi connectivity index (χ1) is 8.17. The Hall–Kier alpha value is -1.00. The fourth-order valence-corrected chi connectivity index (χ4v) is 1.49. The van der Waals surface area contributed by atoms with Crippen LogP contribution >= 0.6 is 15.9 Å². The summed E-state index contributed by atoms with van der Waals surface area (Å²) in [5.74, 6) is 1.69. The van der Waals surface area contributed by atoms with Gasteiger partial charge in [-0.3, -0.25) is 0 Å². The van der Waals surface area contributed by atoms with Crippen molar-refractivity contribution >= 4 is 15.9 Å². The van der Waals surface area contributed by atoms with E-state index in [2.05, 4.69) is 34.7 Å². The highest BCUT2D eigenvalue weighted by Gasteiger charge is 2.05. The molecule has 1 aromatic carbocycles. The summed E-state index contributed by atoms with van der Waals surface area (Å²) in [6.45, 7) is 7.96. The van der Waals surface area contributed by atoms with Crippen molar-refractivity contribution in [1.82, 2.24) is 5.32 Å². The van der Waals surface area contributed by atoms with E-state index in [4.69, 9.17) is 9.47 Å². The Kier molecular flexibility index (Phi) is 6.08. The van der Waals surface area contributed by atoms with Crippen LogP contribution in [0.25, 0.3) is 0 Å². The summed E-state index contributed by atoms with van der Waals surface area (Å²) in [4.78, 5) is 0. The number of hydrogen-bond acceptors (Lipinski definition) is 3. The van der Waals surface area contributed by atoms with Crippen LogP contribution in [0.2, 0.25) is 0 Å². The Bertz CT molecular complexity index is 380. The Labute approximate surface area is 111 Å². The number of halogens is 1. The molecule has 1 aromatic rings. The molecule has 0 saturated heterocycles. The molecule has 0 amide bonds. The van der Waals surface area contributed by atoms with Crippen molar-refractivity contribution < 1.29 is 9.47 Å². The van der Waals surface area contributed by atoms with Crippen molar-refractivity contribution in [2.45, 2.75) is 13.5 Å². The van der Waals surface area contributed by atoms with Crippen LogP contribution in [-0.4, -0.2) is 20.3 Å². The van der Waals surface area contributed by atoms with Gasteiger partial charge in [0, 0.05) is 16.6 Å². The van der Waals surface area contributed by atoms with Crippen LogP contribution in [0.3, 0.4) is 0 Å². The van der Waals surface area contributed by atoms with Crippen molar-refractivity contribution in [2.75, 3.05) is 20.3 Å². The molecule has 0 atom stereocenters. The normalized spacial score (nSPS) is 10.1. The number of ether oxygens (including phenoxy) is 2. The summed E-state index contributed by atoms with van der Waals surface area (Å²) in [5, 5.41) is 3.27. The van der Waals surface area contributed by atoms with Crippen LogP contribution in [0.1, 0.15) is 12.5 Å². The lowest BCUT2D eigenvalue weighted by atomic mass is 10.2. The highest BCUT2D eigenvalue weighted by molar-refractivity contribution is 9.11. The van der Waals surface area contributed by atoms with Crippen LogP contribution in [-0.2, 0) is 6.54 Å². The molecule has 0 aliphatic rings. The van der Waals surface area contributed by atoms with Crippen molar-refractivity contribution in [2.24, 2.45) is 0 Å². The van der Waals surface area contributed by atoms with Gasteiger partial charge < -0.3 is 14.8 Å². The summed E-state index contributed by atoms with van der Waals surface area (Å²) in [5.41, 5.74) is 1.08. The van der Waals surface area contributed by atoms with Crippen LogP contribution in [0, 0.1) is 0 Å². The molecule has 0 unspecified atom stereocenters. The maximum absolute atomic E-state index is 5.65. The standard InChI is InChI=1S/C13H18BrNO2/c1-4-15-8-11-7-12(16-3)5-6-13(11)17-9-10(2)14/h5-7,15H,2,4,8-9H2,1,3H3. The van der Waals surface area contributed by atoms with Gasteiger partial charge in [-0.2, -0.15) is 0 Å². The van der Waals surface area contributed by atoms with Gasteiger partial charge in [-0.15, -0.1) is 0 Å². The average Bonchev–Trinajstić information content (AvgIpc) is 2.34. The van der Waals surface area contributed by atoms with E-state index in [-0.39, 0.29) is 0 Å². The van der Waals surface area contributed by atoms with Crippen LogP contribution in [0.15, 0.2) is 29.3 Å². The van der Waals surface area contributed by atoms with Gasteiger partial charge in [0.15, 0.2) is 0 Å². The number of methoxy groups -OCH3 is 1. The summed E-state index contributed by atoms with van der Waals surface area (Å²) in [7, 11) is 1.66. The molecule has 94 valence electrons. The number of nitrogens with one attached hydrogen (secondary N) is 1. The molecular formula is C13H18BrNO2. The van der Waals surface area contributed by atoms with Gasteiger partial charge in [-0.1, -0.05) is 29.4 Å². The SMILES string of the molecule is C=C(Br)COc1ccc(OC)cc1CNCC. The maximum atomic E-state index is 5.65. The third kappa shape index (κ3) is 4.79. The summed E-state index contributed by atoms with van der Waals surface area (Å²) >= 11 is 3.28. The van der Waals surface area contributed by atoms with Crippen molar-refractivity contribution in [1.29, 1.82) is 0 Å². The van der Waals surface area contributed by atoms with Crippen molar-refractivity contribution in [3.8, 4) is 11.5 Å². The topological polar surface area (TPSA) is 30.5 Å². The lowest BCUT2D eigenvalue weighted by Crippen LogP contribution is -2.13. The minimum atomic E-state index is 0.464. The molecule has 0 radical (unpaired) electrons. The molecule has 1 rings (SSSR count).